The number of allylic oxidation sites excluding steroid dienone is 1. The number of nitrogens with zero attached hydrogens (tertiary/aromatic N) is 2. The summed E-state index contributed by atoms with van der Waals surface area (Å²) in [5.41, 5.74) is 5.85. The molecule has 5 heteroatoms. The zero-order valence-electron chi connectivity index (χ0n) is 7.97. The Bertz CT molecular complexity index is 396. The standard InChI is InChI=1S/C9H13N3O2/c1-7-6-12(4-2-3-5-13)9(14)11-8(7)10/h2-3,6,13H,4-5H2,1H3,(H2,10,11,14)/b3-2+. The Hall–Kier alpha value is -1.62. The van der Waals surface area contributed by atoms with Crippen molar-refractivity contribution in [1.82, 2.24) is 9.55 Å². The second-order valence-electron chi connectivity index (χ2n) is 2.90. The maximum atomic E-state index is 11.3. The van der Waals surface area contributed by atoms with E-state index in [1.54, 1.807) is 25.3 Å². The average molecular weight is 195 g/mol. The minimum absolute atomic E-state index is 0.0316. The van der Waals surface area contributed by atoms with Gasteiger partial charge in [0.25, 0.3) is 0 Å². The Kier molecular flexibility index (Phi) is 3.41. The van der Waals surface area contributed by atoms with E-state index < -0.39 is 0 Å². The number of rotatable bonds is 3. The molecule has 1 aromatic rings. The number of hydrogen-bond donors (Lipinski definition) is 2. The van der Waals surface area contributed by atoms with Gasteiger partial charge < -0.3 is 10.8 Å². The molecule has 0 bridgehead atoms. The minimum Gasteiger partial charge on any atom is -0.392 e. The first-order valence-corrected chi connectivity index (χ1v) is 4.24. The third kappa shape index (κ3) is 2.43. The summed E-state index contributed by atoms with van der Waals surface area (Å²) < 4.78 is 1.43. The van der Waals surface area contributed by atoms with Crippen LogP contribution in [-0.4, -0.2) is 21.3 Å². The van der Waals surface area contributed by atoms with Crippen molar-refractivity contribution in [3.8, 4) is 0 Å². The van der Waals surface area contributed by atoms with Crippen LogP contribution >= 0.6 is 0 Å². The molecule has 0 unspecified atom stereocenters. The monoisotopic (exact) mass is 195 g/mol. The first-order valence-electron chi connectivity index (χ1n) is 4.24. The summed E-state index contributed by atoms with van der Waals surface area (Å²) in [6.07, 6.45) is 4.91. The summed E-state index contributed by atoms with van der Waals surface area (Å²) in [6.45, 7) is 2.15. The molecule has 0 saturated carbocycles. The molecule has 0 aliphatic heterocycles. The van der Waals surface area contributed by atoms with E-state index in [1.165, 1.54) is 4.57 Å². The van der Waals surface area contributed by atoms with E-state index in [0.29, 0.717) is 6.54 Å². The lowest BCUT2D eigenvalue weighted by Crippen LogP contribution is -2.23. The zero-order valence-corrected chi connectivity index (χ0v) is 7.97. The van der Waals surface area contributed by atoms with Crippen LogP contribution in [0.15, 0.2) is 23.1 Å². The maximum Gasteiger partial charge on any atom is 0.349 e. The van der Waals surface area contributed by atoms with Crippen LogP contribution < -0.4 is 11.4 Å². The second-order valence-corrected chi connectivity index (χ2v) is 2.90. The third-order valence-corrected chi connectivity index (χ3v) is 1.79. The lowest BCUT2D eigenvalue weighted by Gasteiger charge is -2.03. The van der Waals surface area contributed by atoms with Gasteiger partial charge in [-0.2, -0.15) is 4.98 Å². The number of nitrogen functional groups attached to an aromatic ring is 1. The predicted octanol–water partition coefficient (Wildman–Crippen LogP) is -0.318. The quantitative estimate of drug-likeness (QED) is 0.648. The van der Waals surface area contributed by atoms with Crippen LogP contribution in [0.5, 0.6) is 0 Å². The Morgan fingerprint density at radius 1 is 1.64 bits per heavy atom. The number of aromatic nitrogens is 2. The molecule has 0 fully saturated rings. The molecule has 0 radical (unpaired) electrons. The summed E-state index contributed by atoms with van der Waals surface area (Å²) >= 11 is 0. The highest BCUT2D eigenvalue weighted by molar-refractivity contribution is 5.35. The number of nitrogens with two attached hydrogens (primary N) is 1. The smallest absolute Gasteiger partial charge is 0.349 e. The summed E-state index contributed by atoms with van der Waals surface area (Å²) in [5.74, 6) is 0.261. The lowest BCUT2D eigenvalue weighted by atomic mass is 10.3. The number of aryl methyl sites for hydroxylation is 1. The van der Waals surface area contributed by atoms with Gasteiger partial charge in [-0.1, -0.05) is 12.2 Å². The van der Waals surface area contributed by atoms with E-state index in [2.05, 4.69) is 4.98 Å². The lowest BCUT2D eigenvalue weighted by molar-refractivity contribution is 0.342. The third-order valence-electron chi connectivity index (χ3n) is 1.79. The Balaban J connectivity index is 2.93. The first-order chi connectivity index (χ1) is 6.65. The van der Waals surface area contributed by atoms with Gasteiger partial charge in [-0.3, -0.25) is 4.57 Å². The van der Waals surface area contributed by atoms with Gasteiger partial charge in [0.05, 0.1) is 6.61 Å². The van der Waals surface area contributed by atoms with Crippen LogP contribution in [0.2, 0.25) is 0 Å². The number of aliphatic hydroxyl groups is 1. The topological polar surface area (TPSA) is 81.1 Å². The minimum atomic E-state index is -0.379. The molecule has 0 aliphatic rings. The van der Waals surface area contributed by atoms with Crippen molar-refractivity contribution in [2.24, 2.45) is 0 Å². The van der Waals surface area contributed by atoms with Crippen molar-refractivity contribution in [2.45, 2.75) is 13.5 Å². The normalized spacial score (nSPS) is 11.0. The highest BCUT2D eigenvalue weighted by atomic mass is 16.2. The predicted molar refractivity (Wildman–Crippen MR) is 53.9 cm³/mol. The van der Waals surface area contributed by atoms with E-state index in [1.807, 2.05) is 0 Å². The van der Waals surface area contributed by atoms with E-state index >= 15 is 0 Å². The molecule has 0 saturated heterocycles. The van der Waals surface area contributed by atoms with Gasteiger partial charge in [-0.25, -0.2) is 4.79 Å². The average Bonchev–Trinajstić information content (AvgIpc) is 2.14. The Labute approximate surface area is 81.5 Å². The molecule has 76 valence electrons. The Morgan fingerprint density at radius 3 is 3.00 bits per heavy atom. The number of aliphatic hydroxyl groups excluding tert-OH is 1. The summed E-state index contributed by atoms with van der Waals surface area (Å²) in [6, 6.07) is 0. The molecule has 1 rings (SSSR count). The van der Waals surface area contributed by atoms with Gasteiger partial charge in [-0.15, -0.1) is 0 Å². The molecule has 5 nitrogen and oxygen atoms in total. The summed E-state index contributed by atoms with van der Waals surface area (Å²) in [5, 5.41) is 8.50. The van der Waals surface area contributed by atoms with Crippen molar-refractivity contribution >= 4 is 5.82 Å². The van der Waals surface area contributed by atoms with Gasteiger partial charge in [0.15, 0.2) is 0 Å². The Morgan fingerprint density at radius 2 is 2.36 bits per heavy atom. The van der Waals surface area contributed by atoms with Crippen LogP contribution in [0, 0.1) is 6.92 Å². The van der Waals surface area contributed by atoms with E-state index in [9.17, 15) is 4.79 Å². The SMILES string of the molecule is Cc1cn(C/C=C/CO)c(=O)nc1N. The number of anilines is 1. The van der Waals surface area contributed by atoms with Crippen LogP contribution in [0.25, 0.3) is 0 Å². The molecule has 1 heterocycles. The molecule has 3 N–H and O–H groups in total. The second kappa shape index (κ2) is 4.57. The van der Waals surface area contributed by atoms with Crippen LogP contribution in [0.4, 0.5) is 5.82 Å². The van der Waals surface area contributed by atoms with Gasteiger partial charge in [0, 0.05) is 18.3 Å². The van der Waals surface area contributed by atoms with Gasteiger partial charge in [0.1, 0.15) is 5.82 Å². The van der Waals surface area contributed by atoms with Crippen LogP contribution in [0.1, 0.15) is 5.56 Å². The maximum absolute atomic E-state index is 11.3. The fourth-order valence-electron chi connectivity index (χ4n) is 1.00. The summed E-state index contributed by atoms with van der Waals surface area (Å²) in [7, 11) is 0. The molecular weight excluding hydrogens is 182 g/mol. The molecule has 14 heavy (non-hydrogen) atoms. The molecule has 0 atom stereocenters. The summed E-state index contributed by atoms with van der Waals surface area (Å²) in [4.78, 5) is 14.9. The number of hydrogen-bond acceptors (Lipinski definition) is 4. The van der Waals surface area contributed by atoms with E-state index in [4.69, 9.17) is 10.8 Å². The molecule has 0 aromatic carbocycles. The largest absolute Gasteiger partial charge is 0.392 e. The van der Waals surface area contributed by atoms with Gasteiger partial charge >= 0.3 is 5.69 Å². The van der Waals surface area contributed by atoms with Crippen molar-refractivity contribution in [2.75, 3.05) is 12.3 Å². The van der Waals surface area contributed by atoms with Gasteiger partial charge in [0.2, 0.25) is 0 Å². The zero-order chi connectivity index (χ0) is 10.6. The van der Waals surface area contributed by atoms with Crippen molar-refractivity contribution < 1.29 is 5.11 Å². The molecule has 0 aliphatic carbocycles. The van der Waals surface area contributed by atoms with E-state index in [0.717, 1.165) is 5.56 Å². The van der Waals surface area contributed by atoms with Crippen LogP contribution in [-0.2, 0) is 6.54 Å². The highest BCUT2D eigenvalue weighted by Crippen LogP contribution is 2.01. The fourth-order valence-corrected chi connectivity index (χ4v) is 1.00. The molecule has 0 spiro atoms. The van der Waals surface area contributed by atoms with Gasteiger partial charge in [-0.05, 0) is 6.92 Å². The van der Waals surface area contributed by atoms with Crippen molar-refractivity contribution in [1.29, 1.82) is 0 Å². The van der Waals surface area contributed by atoms with Crippen molar-refractivity contribution in [3.63, 3.8) is 0 Å². The fraction of sp³-hybridized carbons (Fsp3) is 0.333. The molecular formula is C9H13N3O2. The molecule has 1 aromatic heterocycles. The van der Waals surface area contributed by atoms with E-state index in [-0.39, 0.29) is 18.1 Å². The highest BCUT2D eigenvalue weighted by Gasteiger charge is 1.99. The molecule has 0 amide bonds. The first kappa shape index (κ1) is 10.5. The van der Waals surface area contributed by atoms with Crippen LogP contribution in [0.3, 0.4) is 0 Å². The van der Waals surface area contributed by atoms with Crippen molar-refractivity contribution in [3.05, 3.63) is 34.4 Å².